The molecule has 0 aromatic carbocycles. The Bertz CT molecular complexity index is 332. The smallest absolute Gasteiger partial charge is 0.167 e. The molecule has 1 aromatic heterocycles. The fourth-order valence-electron chi connectivity index (χ4n) is 2.33. The summed E-state index contributed by atoms with van der Waals surface area (Å²) in [6, 6.07) is 0. The molecule has 1 saturated carbocycles. The molecule has 1 fully saturated rings. The van der Waals surface area contributed by atoms with Crippen LogP contribution in [0.15, 0.2) is 17.6 Å². The van der Waals surface area contributed by atoms with E-state index >= 15 is 0 Å². The molecule has 0 bridgehead atoms. The Balaban J connectivity index is 1.94. The van der Waals surface area contributed by atoms with Crippen molar-refractivity contribution in [3.8, 4) is 0 Å². The average molecular weight is 303 g/mol. The summed E-state index contributed by atoms with van der Waals surface area (Å²) in [4.78, 5) is 4.38. The van der Waals surface area contributed by atoms with E-state index in [2.05, 4.69) is 32.5 Å². The van der Waals surface area contributed by atoms with Gasteiger partial charge in [0, 0.05) is 30.5 Å². The molecular weight excluding hydrogens is 284 g/mol. The van der Waals surface area contributed by atoms with Gasteiger partial charge in [0.1, 0.15) is 0 Å². The molecule has 0 saturated heterocycles. The Hall–Kier alpha value is 0.0400. The highest BCUT2D eigenvalue weighted by molar-refractivity contribution is 9.09. The molecule has 4 heteroatoms. The highest BCUT2D eigenvalue weighted by atomic mass is 79.9. The van der Waals surface area contributed by atoms with Crippen molar-refractivity contribution in [1.29, 1.82) is 0 Å². The van der Waals surface area contributed by atoms with Crippen molar-refractivity contribution in [2.24, 2.45) is 12.5 Å². The average Bonchev–Trinajstić information content (AvgIpc) is 2.74. The normalized spacial score (nSPS) is 19.9. The minimum Gasteiger partial charge on any atom is -0.329 e. The molecule has 0 aliphatic heterocycles. The Labute approximate surface area is 110 Å². The highest BCUT2D eigenvalue weighted by Crippen LogP contribution is 2.41. The molecule has 1 aromatic rings. The molecular formula is C12H19BrN2S. The largest absolute Gasteiger partial charge is 0.329 e. The summed E-state index contributed by atoms with van der Waals surface area (Å²) < 4.78 is 2.11. The topological polar surface area (TPSA) is 17.8 Å². The van der Waals surface area contributed by atoms with Gasteiger partial charge in [-0.2, -0.15) is 0 Å². The number of hydrogen-bond acceptors (Lipinski definition) is 2. The van der Waals surface area contributed by atoms with Gasteiger partial charge in [0.2, 0.25) is 0 Å². The second-order valence-electron chi connectivity index (χ2n) is 4.80. The van der Waals surface area contributed by atoms with Crippen molar-refractivity contribution in [2.45, 2.75) is 37.3 Å². The third-order valence-electron chi connectivity index (χ3n) is 3.48. The number of thioether (sulfide) groups is 1. The first-order valence-electron chi connectivity index (χ1n) is 5.92. The lowest BCUT2D eigenvalue weighted by molar-refractivity contribution is 0.260. The van der Waals surface area contributed by atoms with Crippen LogP contribution in [0.3, 0.4) is 0 Å². The lowest BCUT2D eigenvalue weighted by Crippen LogP contribution is -2.28. The first-order chi connectivity index (χ1) is 7.76. The van der Waals surface area contributed by atoms with Gasteiger partial charge in [-0.15, -0.1) is 0 Å². The second-order valence-corrected chi connectivity index (χ2v) is 6.31. The van der Waals surface area contributed by atoms with Crippen molar-refractivity contribution in [3.05, 3.63) is 12.4 Å². The van der Waals surface area contributed by atoms with Crippen LogP contribution in [0.1, 0.15) is 32.1 Å². The number of aromatic nitrogens is 2. The monoisotopic (exact) mass is 302 g/mol. The number of hydrogen-bond donors (Lipinski definition) is 0. The van der Waals surface area contributed by atoms with E-state index in [1.165, 1.54) is 37.9 Å². The van der Waals surface area contributed by atoms with Crippen LogP contribution in [0.25, 0.3) is 0 Å². The zero-order valence-corrected chi connectivity index (χ0v) is 12.2. The zero-order chi connectivity index (χ0) is 11.4. The van der Waals surface area contributed by atoms with Gasteiger partial charge in [-0.05, 0) is 18.3 Å². The van der Waals surface area contributed by atoms with Crippen molar-refractivity contribution in [2.75, 3.05) is 11.1 Å². The molecule has 0 unspecified atom stereocenters. The lowest BCUT2D eigenvalue weighted by Gasteiger charge is -2.35. The zero-order valence-electron chi connectivity index (χ0n) is 9.79. The summed E-state index contributed by atoms with van der Waals surface area (Å²) in [7, 11) is 2.07. The van der Waals surface area contributed by atoms with Gasteiger partial charge >= 0.3 is 0 Å². The number of imidazole rings is 1. The SMILES string of the molecule is Cn1ccnc1SCC1(CBr)CCCCC1. The molecule has 90 valence electrons. The summed E-state index contributed by atoms with van der Waals surface area (Å²) in [6.45, 7) is 0. The molecule has 2 nitrogen and oxygen atoms in total. The Morgan fingerprint density at radius 1 is 1.44 bits per heavy atom. The number of halogens is 1. The van der Waals surface area contributed by atoms with E-state index in [-0.39, 0.29) is 0 Å². The number of nitrogens with zero attached hydrogens (tertiary/aromatic N) is 2. The van der Waals surface area contributed by atoms with Crippen LogP contribution in [-0.2, 0) is 7.05 Å². The molecule has 2 rings (SSSR count). The standard InChI is InChI=1S/C12H19BrN2S/c1-15-8-7-14-11(15)16-10-12(9-13)5-3-2-4-6-12/h7-8H,2-6,9-10H2,1H3. The van der Waals surface area contributed by atoms with Crippen LogP contribution in [0.4, 0.5) is 0 Å². The van der Waals surface area contributed by atoms with Crippen LogP contribution in [0.2, 0.25) is 0 Å². The van der Waals surface area contributed by atoms with Crippen molar-refractivity contribution in [1.82, 2.24) is 9.55 Å². The third kappa shape index (κ3) is 2.83. The lowest BCUT2D eigenvalue weighted by atomic mass is 9.77. The molecule has 0 radical (unpaired) electrons. The Kier molecular flexibility index (Phi) is 4.36. The number of rotatable bonds is 4. The molecule has 0 spiro atoms. The number of aryl methyl sites for hydroxylation is 1. The van der Waals surface area contributed by atoms with Crippen LogP contribution < -0.4 is 0 Å². The van der Waals surface area contributed by atoms with Gasteiger partial charge in [-0.25, -0.2) is 4.98 Å². The third-order valence-corrected chi connectivity index (χ3v) is 6.08. The van der Waals surface area contributed by atoms with Crippen LogP contribution in [0.5, 0.6) is 0 Å². The minimum atomic E-state index is 0.509. The maximum atomic E-state index is 4.38. The molecule has 0 N–H and O–H groups in total. The van der Waals surface area contributed by atoms with Crippen molar-refractivity contribution >= 4 is 27.7 Å². The van der Waals surface area contributed by atoms with Crippen LogP contribution in [0, 0.1) is 5.41 Å². The quantitative estimate of drug-likeness (QED) is 0.621. The maximum Gasteiger partial charge on any atom is 0.167 e. The van der Waals surface area contributed by atoms with E-state index in [9.17, 15) is 0 Å². The molecule has 16 heavy (non-hydrogen) atoms. The van der Waals surface area contributed by atoms with E-state index in [0.29, 0.717) is 5.41 Å². The fourth-order valence-corrected chi connectivity index (χ4v) is 4.57. The van der Waals surface area contributed by atoms with Gasteiger partial charge in [-0.3, -0.25) is 0 Å². The van der Waals surface area contributed by atoms with Gasteiger partial charge in [-0.1, -0.05) is 47.0 Å². The van der Waals surface area contributed by atoms with E-state index in [0.717, 1.165) is 10.5 Å². The van der Waals surface area contributed by atoms with E-state index in [4.69, 9.17) is 0 Å². The highest BCUT2D eigenvalue weighted by Gasteiger charge is 2.31. The Morgan fingerprint density at radius 2 is 2.19 bits per heavy atom. The molecule has 1 aliphatic carbocycles. The molecule has 1 heterocycles. The van der Waals surface area contributed by atoms with E-state index < -0.39 is 0 Å². The van der Waals surface area contributed by atoms with Gasteiger partial charge in [0.15, 0.2) is 5.16 Å². The maximum absolute atomic E-state index is 4.38. The van der Waals surface area contributed by atoms with E-state index in [1.54, 1.807) is 0 Å². The number of alkyl halides is 1. The van der Waals surface area contributed by atoms with Crippen molar-refractivity contribution < 1.29 is 0 Å². The molecule has 0 amide bonds. The summed E-state index contributed by atoms with van der Waals surface area (Å²) >= 11 is 5.62. The minimum absolute atomic E-state index is 0.509. The fraction of sp³-hybridized carbons (Fsp3) is 0.750. The first-order valence-corrected chi connectivity index (χ1v) is 8.03. The van der Waals surface area contributed by atoms with E-state index in [1.807, 2.05) is 24.2 Å². The predicted octanol–water partition coefficient (Wildman–Crippen LogP) is 3.86. The van der Waals surface area contributed by atoms with Crippen molar-refractivity contribution in [3.63, 3.8) is 0 Å². The summed E-state index contributed by atoms with van der Waals surface area (Å²) in [5.41, 5.74) is 0.509. The Morgan fingerprint density at radius 3 is 2.75 bits per heavy atom. The van der Waals surface area contributed by atoms with Gasteiger partial charge in [0.05, 0.1) is 0 Å². The summed E-state index contributed by atoms with van der Waals surface area (Å²) in [6.07, 6.45) is 10.8. The van der Waals surface area contributed by atoms with Gasteiger partial charge < -0.3 is 4.57 Å². The predicted molar refractivity (Wildman–Crippen MR) is 73.2 cm³/mol. The summed E-state index contributed by atoms with van der Waals surface area (Å²) in [5, 5.41) is 2.28. The summed E-state index contributed by atoms with van der Waals surface area (Å²) in [5.74, 6) is 1.20. The van der Waals surface area contributed by atoms with Crippen LogP contribution in [-0.4, -0.2) is 20.6 Å². The van der Waals surface area contributed by atoms with Gasteiger partial charge in [0.25, 0.3) is 0 Å². The van der Waals surface area contributed by atoms with Crippen LogP contribution >= 0.6 is 27.7 Å². The molecule has 1 aliphatic rings. The second kappa shape index (κ2) is 5.58. The first kappa shape index (κ1) is 12.5. The molecule has 0 atom stereocenters.